The maximum atomic E-state index is 11.7. The summed E-state index contributed by atoms with van der Waals surface area (Å²) in [4.78, 5) is 11.7. The van der Waals surface area contributed by atoms with E-state index >= 15 is 0 Å². The molecule has 3 heteroatoms. The van der Waals surface area contributed by atoms with Gasteiger partial charge in [-0.25, -0.2) is 4.79 Å². The molecule has 96 valence electrons. The van der Waals surface area contributed by atoms with Crippen LogP contribution in [-0.2, 0) is 14.3 Å². The van der Waals surface area contributed by atoms with Crippen LogP contribution in [0.3, 0.4) is 0 Å². The summed E-state index contributed by atoms with van der Waals surface area (Å²) in [5, 5.41) is 0. The first-order valence-corrected chi connectivity index (χ1v) is 6.19. The van der Waals surface area contributed by atoms with Crippen molar-refractivity contribution in [2.45, 2.75) is 39.0 Å². The smallest absolute Gasteiger partial charge is 0.335 e. The van der Waals surface area contributed by atoms with Crippen molar-refractivity contribution in [1.82, 2.24) is 0 Å². The molecule has 0 saturated heterocycles. The fraction of sp³-hybridized carbons (Fsp3) is 0.643. The summed E-state index contributed by atoms with van der Waals surface area (Å²) in [6, 6.07) is 0. The predicted octanol–water partition coefficient (Wildman–Crippen LogP) is 3.22. The SMILES string of the molecule is C=C(C)COCOC(=O)C(=C)C1CCCCC1. The van der Waals surface area contributed by atoms with E-state index in [1.165, 1.54) is 19.3 Å². The van der Waals surface area contributed by atoms with E-state index in [9.17, 15) is 4.79 Å². The third-order valence-corrected chi connectivity index (χ3v) is 2.98. The maximum Gasteiger partial charge on any atom is 0.335 e. The molecule has 0 amide bonds. The minimum atomic E-state index is -0.321. The van der Waals surface area contributed by atoms with Gasteiger partial charge < -0.3 is 9.47 Å². The van der Waals surface area contributed by atoms with Gasteiger partial charge in [-0.15, -0.1) is 0 Å². The third-order valence-electron chi connectivity index (χ3n) is 2.98. The lowest BCUT2D eigenvalue weighted by molar-refractivity contribution is -0.151. The van der Waals surface area contributed by atoms with Gasteiger partial charge >= 0.3 is 5.97 Å². The van der Waals surface area contributed by atoms with Gasteiger partial charge in [0.1, 0.15) is 0 Å². The molecule has 1 saturated carbocycles. The van der Waals surface area contributed by atoms with Crippen molar-refractivity contribution in [3.05, 3.63) is 24.3 Å². The lowest BCUT2D eigenvalue weighted by Gasteiger charge is -2.22. The highest BCUT2D eigenvalue weighted by Gasteiger charge is 2.22. The standard InChI is InChI=1S/C14H22O3/c1-11(2)9-16-10-17-14(15)12(3)13-7-5-4-6-8-13/h13H,1,3-10H2,2H3. The zero-order valence-corrected chi connectivity index (χ0v) is 10.7. The van der Waals surface area contributed by atoms with Gasteiger partial charge in [0.05, 0.1) is 6.61 Å². The van der Waals surface area contributed by atoms with Gasteiger partial charge in [-0.3, -0.25) is 0 Å². The molecule has 0 unspecified atom stereocenters. The van der Waals surface area contributed by atoms with Gasteiger partial charge in [-0.2, -0.15) is 0 Å². The molecule has 1 aliphatic carbocycles. The van der Waals surface area contributed by atoms with E-state index in [1.807, 2.05) is 6.92 Å². The van der Waals surface area contributed by atoms with E-state index in [4.69, 9.17) is 9.47 Å². The number of esters is 1. The van der Waals surface area contributed by atoms with Crippen molar-refractivity contribution >= 4 is 5.97 Å². The second kappa shape index (κ2) is 7.28. The summed E-state index contributed by atoms with van der Waals surface area (Å²) in [6.07, 6.45) is 5.74. The molecule has 0 aromatic carbocycles. The van der Waals surface area contributed by atoms with Crippen LogP contribution in [0.2, 0.25) is 0 Å². The average molecular weight is 238 g/mol. The summed E-state index contributed by atoms with van der Waals surface area (Å²) in [7, 11) is 0. The lowest BCUT2D eigenvalue weighted by Crippen LogP contribution is -2.18. The van der Waals surface area contributed by atoms with Gasteiger partial charge in [0.2, 0.25) is 0 Å². The molecule has 0 spiro atoms. The average Bonchev–Trinajstić information content (AvgIpc) is 2.34. The number of rotatable bonds is 6. The molecule has 0 heterocycles. The van der Waals surface area contributed by atoms with Crippen LogP contribution in [0.25, 0.3) is 0 Å². The summed E-state index contributed by atoms with van der Waals surface area (Å²) < 4.78 is 10.1. The zero-order chi connectivity index (χ0) is 12.7. The van der Waals surface area contributed by atoms with Crippen LogP contribution < -0.4 is 0 Å². The highest BCUT2D eigenvalue weighted by molar-refractivity contribution is 5.88. The first-order valence-electron chi connectivity index (χ1n) is 6.19. The predicted molar refractivity (Wildman–Crippen MR) is 67.4 cm³/mol. The fourth-order valence-electron chi connectivity index (χ4n) is 2.02. The van der Waals surface area contributed by atoms with E-state index in [2.05, 4.69) is 13.2 Å². The Morgan fingerprint density at radius 3 is 2.47 bits per heavy atom. The molecule has 1 aliphatic rings. The molecule has 0 aromatic heterocycles. The van der Waals surface area contributed by atoms with Crippen LogP contribution in [0.5, 0.6) is 0 Å². The van der Waals surface area contributed by atoms with E-state index in [0.717, 1.165) is 18.4 Å². The molecule has 0 atom stereocenters. The lowest BCUT2D eigenvalue weighted by atomic mass is 9.84. The Bertz CT molecular complexity index is 288. The first-order chi connectivity index (χ1) is 8.11. The molecule has 0 radical (unpaired) electrons. The summed E-state index contributed by atoms with van der Waals surface area (Å²) in [5.74, 6) is -0.0176. The quantitative estimate of drug-likeness (QED) is 0.234. The van der Waals surface area contributed by atoms with Crippen LogP contribution in [0.1, 0.15) is 39.0 Å². The number of carbonyl (C=O) groups excluding carboxylic acids is 1. The summed E-state index contributed by atoms with van der Waals surface area (Å²) in [5.41, 5.74) is 1.51. The molecule has 3 nitrogen and oxygen atoms in total. The van der Waals surface area contributed by atoms with Crippen molar-refractivity contribution in [3.8, 4) is 0 Å². The highest BCUT2D eigenvalue weighted by Crippen LogP contribution is 2.29. The highest BCUT2D eigenvalue weighted by atomic mass is 16.7. The monoisotopic (exact) mass is 238 g/mol. The number of ether oxygens (including phenoxy) is 2. The minimum Gasteiger partial charge on any atom is -0.435 e. The Labute approximate surface area is 103 Å². The first kappa shape index (κ1) is 14.0. The largest absolute Gasteiger partial charge is 0.435 e. The van der Waals surface area contributed by atoms with Crippen molar-refractivity contribution in [3.63, 3.8) is 0 Å². The van der Waals surface area contributed by atoms with Crippen molar-refractivity contribution in [2.75, 3.05) is 13.4 Å². The Balaban J connectivity index is 2.22. The van der Waals surface area contributed by atoms with E-state index in [0.29, 0.717) is 18.1 Å². The molecule has 1 rings (SSSR count). The second-order valence-electron chi connectivity index (χ2n) is 4.72. The molecule has 0 N–H and O–H groups in total. The maximum absolute atomic E-state index is 11.7. The van der Waals surface area contributed by atoms with Gasteiger partial charge in [0.25, 0.3) is 0 Å². The van der Waals surface area contributed by atoms with Gasteiger partial charge in [0.15, 0.2) is 6.79 Å². The van der Waals surface area contributed by atoms with Crippen LogP contribution in [0.15, 0.2) is 24.3 Å². The minimum absolute atomic E-state index is 0.0164. The molecule has 0 aliphatic heterocycles. The molecule has 17 heavy (non-hydrogen) atoms. The van der Waals surface area contributed by atoms with Gasteiger partial charge in [-0.1, -0.05) is 38.0 Å². The molecule has 0 aromatic rings. The van der Waals surface area contributed by atoms with E-state index in [1.54, 1.807) is 0 Å². The Morgan fingerprint density at radius 2 is 1.88 bits per heavy atom. The fourth-order valence-corrected chi connectivity index (χ4v) is 2.02. The van der Waals surface area contributed by atoms with E-state index in [-0.39, 0.29) is 12.8 Å². The number of hydrogen-bond acceptors (Lipinski definition) is 3. The van der Waals surface area contributed by atoms with Crippen LogP contribution >= 0.6 is 0 Å². The summed E-state index contributed by atoms with van der Waals surface area (Å²) >= 11 is 0. The van der Waals surface area contributed by atoms with Crippen molar-refractivity contribution < 1.29 is 14.3 Å². The van der Waals surface area contributed by atoms with Crippen LogP contribution in [0.4, 0.5) is 0 Å². The second-order valence-corrected chi connectivity index (χ2v) is 4.72. The Kier molecular flexibility index (Phi) is 5.98. The molecule has 1 fully saturated rings. The van der Waals surface area contributed by atoms with Crippen molar-refractivity contribution in [2.24, 2.45) is 5.92 Å². The Hall–Kier alpha value is -1.09. The third kappa shape index (κ3) is 5.18. The van der Waals surface area contributed by atoms with Crippen LogP contribution in [0, 0.1) is 5.92 Å². The number of hydrogen-bond donors (Lipinski definition) is 0. The van der Waals surface area contributed by atoms with Crippen molar-refractivity contribution in [1.29, 1.82) is 0 Å². The van der Waals surface area contributed by atoms with Crippen LogP contribution in [-0.4, -0.2) is 19.4 Å². The van der Waals surface area contributed by atoms with Gasteiger partial charge in [-0.05, 0) is 25.7 Å². The summed E-state index contributed by atoms with van der Waals surface area (Å²) in [6.45, 7) is 9.81. The van der Waals surface area contributed by atoms with Gasteiger partial charge in [0, 0.05) is 5.57 Å². The number of carbonyl (C=O) groups is 1. The molecular weight excluding hydrogens is 216 g/mol. The Morgan fingerprint density at radius 1 is 1.24 bits per heavy atom. The normalized spacial score (nSPS) is 16.5. The van der Waals surface area contributed by atoms with E-state index < -0.39 is 0 Å². The zero-order valence-electron chi connectivity index (χ0n) is 10.7. The molecule has 0 bridgehead atoms. The topological polar surface area (TPSA) is 35.5 Å². The molecular formula is C14H22O3.